The van der Waals surface area contributed by atoms with E-state index < -0.39 is 8.80 Å². The van der Waals surface area contributed by atoms with Crippen LogP contribution in [-0.4, -0.2) is 32.1 Å². The van der Waals surface area contributed by atoms with Crippen molar-refractivity contribution in [1.29, 1.82) is 0 Å². The smallest absolute Gasteiger partial charge is 0.156 e. The van der Waals surface area contributed by atoms with E-state index in [4.69, 9.17) is 21.1 Å². The zero-order chi connectivity index (χ0) is 13.8. The monoisotopic (exact) mass is 298 g/mol. The summed E-state index contributed by atoms with van der Waals surface area (Å²) in [7, 11) is 1.05. The Kier molecular flexibility index (Phi) is 4.85. The number of halogens is 1. The van der Waals surface area contributed by atoms with E-state index in [0.717, 1.165) is 17.6 Å². The fourth-order valence-corrected chi connectivity index (χ4v) is 2.73. The first-order valence-corrected chi connectivity index (χ1v) is 9.89. The van der Waals surface area contributed by atoms with Gasteiger partial charge in [0.1, 0.15) is 12.4 Å². The average molecular weight is 299 g/mol. The minimum atomic E-state index is -0.537. The van der Waals surface area contributed by atoms with Gasteiger partial charge in [-0.2, -0.15) is 0 Å². The first-order chi connectivity index (χ1) is 9.13. The zero-order valence-corrected chi connectivity index (χ0v) is 13.4. The maximum Gasteiger partial charge on any atom is 0.156 e. The number of pyridine rings is 1. The standard InChI is InChI=1S/C13H19ClN2O2Si/c1-17-11-8-15-13-10(12(11)14)4-5-16(13)9-18-6-7-19(2)3/h4-5,8,19H,6-7,9H2,1-3H3. The summed E-state index contributed by atoms with van der Waals surface area (Å²) in [5, 5.41) is 1.49. The summed E-state index contributed by atoms with van der Waals surface area (Å²) < 4.78 is 12.8. The molecule has 0 unspecified atom stereocenters. The van der Waals surface area contributed by atoms with Crippen molar-refractivity contribution in [3.05, 3.63) is 23.5 Å². The highest BCUT2D eigenvalue weighted by Crippen LogP contribution is 2.31. The number of fused-ring (bicyclic) bond motifs is 1. The highest BCUT2D eigenvalue weighted by atomic mass is 35.5. The third-order valence-electron chi connectivity index (χ3n) is 2.98. The summed E-state index contributed by atoms with van der Waals surface area (Å²) >= 11 is 6.24. The van der Waals surface area contributed by atoms with Gasteiger partial charge in [0.2, 0.25) is 0 Å². The Bertz CT molecular complexity index is 557. The number of nitrogens with zero attached hydrogens (tertiary/aromatic N) is 2. The van der Waals surface area contributed by atoms with Crippen LogP contribution in [0.1, 0.15) is 0 Å². The van der Waals surface area contributed by atoms with Gasteiger partial charge in [-0.25, -0.2) is 4.98 Å². The molecule has 0 aliphatic heterocycles. The zero-order valence-electron chi connectivity index (χ0n) is 11.5. The molecule has 0 N–H and O–H groups in total. The van der Waals surface area contributed by atoms with Gasteiger partial charge in [0.15, 0.2) is 5.75 Å². The maximum absolute atomic E-state index is 6.24. The maximum atomic E-state index is 6.24. The van der Waals surface area contributed by atoms with Crippen molar-refractivity contribution < 1.29 is 9.47 Å². The lowest BCUT2D eigenvalue weighted by Gasteiger charge is -2.08. The van der Waals surface area contributed by atoms with E-state index in [1.54, 1.807) is 13.3 Å². The van der Waals surface area contributed by atoms with Gasteiger partial charge in [-0.3, -0.25) is 0 Å². The summed E-state index contributed by atoms with van der Waals surface area (Å²) in [5.41, 5.74) is 0.826. The van der Waals surface area contributed by atoms with E-state index in [0.29, 0.717) is 17.5 Å². The van der Waals surface area contributed by atoms with Gasteiger partial charge in [0.05, 0.1) is 18.3 Å². The first kappa shape index (κ1) is 14.4. The van der Waals surface area contributed by atoms with Gasteiger partial charge >= 0.3 is 0 Å². The second-order valence-electron chi connectivity index (χ2n) is 4.88. The van der Waals surface area contributed by atoms with Gasteiger partial charge < -0.3 is 14.0 Å². The van der Waals surface area contributed by atoms with E-state index in [1.165, 1.54) is 6.04 Å². The largest absolute Gasteiger partial charge is 0.494 e. The quantitative estimate of drug-likeness (QED) is 0.607. The van der Waals surface area contributed by atoms with Crippen LogP contribution < -0.4 is 4.74 Å². The van der Waals surface area contributed by atoms with Crippen LogP contribution in [0.5, 0.6) is 5.75 Å². The van der Waals surface area contributed by atoms with Crippen molar-refractivity contribution in [2.45, 2.75) is 25.9 Å². The molecule has 4 nitrogen and oxygen atoms in total. The average Bonchev–Trinajstić information content (AvgIpc) is 2.79. The van der Waals surface area contributed by atoms with Crippen LogP contribution in [0.15, 0.2) is 18.5 Å². The topological polar surface area (TPSA) is 36.3 Å². The van der Waals surface area contributed by atoms with E-state index in [2.05, 4.69) is 18.1 Å². The molecule has 0 saturated heterocycles. The Balaban J connectivity index is 2.10. The number of ether oxygens (including phenoxy) is 2. The van der Waals surface area contributed by atoms with Crippen molar-refractivity contribution in [1.82, 2.24) is 9.55 Å². The minimum Gasteiger partial charge on any atom is -0.494 e. The van der Waals surface area contributed by atoms with Gasteiger partial charge in [0.25, 0.3) is 0 Å². The second-order valence-corrected chi connectivity index (χ2v) is 8.63. The fourth-order valence-electron chi connectivity index (χ4n) is 1.82. The molecule has 104 valence electrons. The summed E-state index contributed by atoms with van der Waals surface area (Å²) in [6.45, 7) is 5.97. The molecule has 0 fully saturated rings. The lowest BCUT2D eigenvalue weighted by atomic mass is 10.3. The Hall–Kier alpha value is -1.04. The SMILES string of the molecule is COc1cnc2c(ccn2COCC[SiH](C)C)c1Cl. The van der Waals surface area contributed by atoms with Crippen molar-refractivity contribution in [3.8, 4) is 5.75 Å². The van der Waals surface area contributed by atoms with Crippen LogP contribution in [0, 0.1) is 0 Å². The Morgan fingerprint density at radius 2 is 2.21 bits per heavy atom. The molecule has 0 aliphatic rings. The Morgan fingerprint density at radius 3 is 2.89 bits per heavy atom. The second kappa shape index (κ2) is 6.41. The van der Waals surface area contributed by atoms with Crippen LogP contribution in [0.4, 0.5) is 0 Å². The molecule has 2 heterocycles. The van der Waals surface area contributed by atoms with E-state index >= 15 is 0 Å². The molecule has 0 radical (unpaired) electrons. The lowest BCUT2D eigenvalue weighted by Crippen LogP contribution is -2.08. The van der Waals surface area contributed by atoms with Crippen LogP contribution >= 0.6 is 11.6 Å². The number of aromatic nitrogens is 2. The summed E-state index contributed by atoms with van der Waals surface area (Å²) in [6, 6.07) is 3.13. The number of hydrogen-bond acceptors (Lipinski definition) is 3. The molecule has 0 aliphatic carbocycles. The van der Waals surface area contributed by atoms with Crippen LogP contribution in [0.3, 0.4) is 0 Å². The fraction of sp³-hybridized carbons (Fsp3) is 0.462. The predicted octanol–water partition coefficient (Wildman–Crippen LogP) is 3.16. The van der Waals surface area contributed by atoms with E-state index in [1.807, 2.05) is 16.8 Å². The van der Waals surface area contributed by atoms with Crippen molar-refractivity contribution in [2.24, 2.45) is 0 Å². The summed E-state index contributed by atoms with van der Waals surface area (Å²) in [6.07, 6.45) is 3.58. The highest BCUT2D eigenvalue weighted by molar-refractivity contribution is 6.55. The van der Waals surface area contributed by atoms with Gasteiger partial charge in [0, 0.05) is 27.0 Å². The van der Waals surface area contributed by atoms with Gasteiger partial charge in [-0.15, -0.1) is 0 Å². The molecule has 2 rings (SSSR count). The van der Waals surface area contributed by atoms with E-state index in [-0.39, 0.29) is 0 Å². The predicted molar refractivity (Wildman–Crippen MR) is 80.9 cm³/mol. The molecule has 6 heteroatoms. The molecule has 0 saturated carbocycles. The van der Waals surface area contributed by atoms with Crippen LogP contribution in [-0.2, 0) is 11.5 Å². The third-order valence-corrected chi connectivity index (χ3v) is 4.76. The molecule has 0 amide bonds. The van der Waals surface area contributed by atoms with Crippen molar-refractivity contribution in [3.63, 3.8) is 0 Å². The van der Waals surface area contributed by atoms with Crippen LogP contribution in [0.2, 0.25) is 24.2 Å². The lowest BCUT2D eigenvalue weighted by molar-refractivity contribution is 0.0902. The molecular formula is C13H19ClN2O2Si. The molecule has 2 aromatic rings. The Morgan fingerprint density at radius 1 is 1.42 bits per heavy atom. The molecule has 0 aromatic carbocycles. The molecule has 0 spiro atoms. The summed E-state index contributed by atoms with van der Waals surface area (Å²) in [4.78, 5) is 4.37. The van der Waals surface area contributed by atoms with E-state index in [9.17, 15) is 0 Å². The molecule has 0 bridgehead atoms. The Labute approximate surface area is 119 Å². The first-order valence-electron chi connectivity index (χ1n) is 6.38. The summed E-state index contributed by atoms with van der Waals surface area (Å²) in [5.74, 6) is 0.596. The molecule has 19 heavy (non-hydrogen) atoms. The third kappa shape index (κ3) is 3.29. The molecule has 0 atom stereocenters. The van der Waals surface area contributed by atoms with Crippen LogP contribution in [0.25, 0.3) is 11.0 Å². The molecular weight excluding hydrogens is 280 g/mol. The van der Waals surface area contributed by atoms with Crippen molar-refractivity contribution >= 4 is 31.4 Å². The highest BCUT2D eigenvalue weighted by Gasteiger charge is 2.10. The molecule has 2 aromatic heterocycles. The van der Waals surface area contributed by atoms with Gasteiger partial charge in [-0.05, 0) is 12.1 Å². The van der Waals surface area contributed by atoms with Gasteiger partial charge in [-0.1, -0.05) is 24.7 Å². The number of hydrogen-bond donors (Lipinski definition) is 0. The van der Waals surface area contributed by atoms with Crippen molar-refractivity contribution in [2.75, 3.05) is 13.7 Å². The number of methoxy groups -OCH3 is 1. The minimum absolute atomic E-state index is 0.514. The normalized spacial score (nSPS) is 11.4. The number of rotatable bonds is 6.